The van der Waals surface area contributed by atoms with Crippen molar-refractivity contribution in [1.82, 2.24) is 15.3 Å². The summed E-state index contributed by atoms with van der Waals surface area (Å²) >= 11 is 0. The molecule has 1 rings (SSSR count). The molecule has 1 heterocycles. The Balaban J connectivity index is 2.65. The van der Waals surface area contributed by atoms with E-state index in [9.17, 15) is 4.79 Å². The number of aromatic nitrogens is 2. The molecule has 0 aliphatic rings. The summed E-state index contributed by atoms with van der Waals surface area (Å²) in [6, 6.07) is 2.01. The molecule has 96 valence electrons. The Morgan fingerprint density at radius 3 is 2.82 bits per heavy atom. The van der Waals surface area contributed by atoms with E-state index in [1.807, 2.05) is 18.9 Å². The summed E-state index contributed by atoms with van der Waals surface area (Å²) in [5.41, 5.74) is -0.0875. The van der Waals surface area contributed by atoms with Crippen LogP contribution in [0.3, 0.4) is 0 Å². The van der Waals surface area contributed by atoms with Gasteiger partial charge in [0.25, 0.3) is 5.56 Å². The Bertz CT molecular complexity index is 400. The van der Waals surface area contributed by atoms with Crippen LogP contribution in [-0.2, 0) is 6.42 Å². The highest BCUT2D eigenvalue weighted by atomic mass is 16.1. The number of H-pyrrole nitrogens is 1. The average Bonchev–Trinajstić information content (AvgIpc) is 2.27. The summed E-state index contributed by atoms with van der Waals surface area (Å²) in [7, 11) is 1.95. The zero-order chi connectivity index (χ0) is 12.8. The lowest BCUT2D eigenvalue weighted by atomic mass is 10.4. The highest BCUT2D eigenvalue weighted by Crippen LogP contribution is 2.04. The monoisotopic (exact) mass is 238 g/mol. The number of likely N-dealkylation sites (N-methyl/N-ethyl adjacent to an activating group) is 1. The molecule has 0 atom stereocenters. The number of rotatable bonds is 6. The van der Waals surface area contributed by atoms with Gasteiger partial charge in [-0.05, 0) is 0 Å². The fourth-order valence-corrected chi connectivity index (χ4v) is 1.49. The van der Waals surface area contributed by atoms with Crippen LogP contribution in [0.2, 0.25) is 0 Å². The number of nitrogens with zero attached hydrogens (tertiary/aromatic N) is 2. The van der Waals surface area contributed by atoms with E-state index in [1.165, 1.54) is 6.07 Å². The third-order valence-electron chi connectivity index (χ3n) is 2.50. The van der Waals surface area contributed by atoms with E-state index >= 15 is 0 Å². The number of nitrogens with one attached hydrogen (secondary N) is 2. The lowest BCUT2D eigenvalue weighted by molar-refractivity contribution is 0.588. The Kier molecular flexibility index (Phi) is 5.15. The fraction of sp³-hybridized carbons (Fsp3) is 0.667. The SMILES string of the molecule is CCc1nc(N(C)CCNC(C)C)cc(=O)[nH]1. The number of hydrogen-bond acceptors (Lipinski definition) is 4. The maximum Gasteiger partial charge on any atom is 0.252 e. The zero-order valence-corrected chi connectivity index (χ0v) is 11.1. The van der Waals surface area contributed by atoms with Crippen LogP contribution in [0.25, 0.3) is 0 Å². The molecule has 0 radical (unpaired) electrons. The standard InChI is InChI=1S/C12H22N4O/c1-5-10-14-11(8-12(17)15-10)16(4)7-6-13-9(2)3/h8-9,13H,5-7H2,1-4H3,(H,14,15,17). The molecule has 0 bridgehead atoms. The van der Waals surface area contributed by atoms with Crippen LogP contribution in [0.5, 0.6) is 0 Å². The molecule has 0 aliphatic heterocycles. The summed E-state index contributed by atoms with van der Waals surface area (Å²) < 4.78 is 0. The van der Waals surface area contributed by atoms with Crippen LogP contribution in [0, 0.1) is 0 Å². The number of aromatic amines is 1. The minimum Gasteiger partial charge on any atom is -0.358 e. The van der Waals surface area contributed by atoms with Crippen molar-refractivity contribution in [3.05, 3.63) is 22.2 Å². The molecule has 0 unspecified atom stereocenters. The summed E-state index contributed by atoms with van der Waals surface area (Å²) in [5, 5.41) is 3.33. The molecule has 0 aliphatic carbocycles. The quantitative estimate of drug-likeness (QED) is 0.768. The molecule has 1 aromatic rings. The normalized spacial score (nSPS) is 10.9. The van der Waals surface area contributed by atoms with Gasteiger partial charge < -0.3 is 15.2 Å². The first kappa shape index (κ1) is 13.7. The van der Waals surface area contributed by atoms with Gasteiger partial charge in [0.2, 0.25) is 0 Å². The van der Waals surface area contributed by atoms with E-state index in [-0.39, 0.29) is 5.56 Å². The molecule has 5 nitrogen and oxygen atoms in total. The molecule has 0 saturated heterocycles. The van der Waals surface area contributed by atoms with Crippen molar-refractivity contribution in [2.24, 2.45) is 0 Å². The Hall–Kier alpha value is -1.36. The maximum absolute atomic E-state index is 11.4. The topological polar surface area (TPSA) is 61.0 Å². The highest BCUT2D eigenvalue weighted by molar-refractivity contribution is 5.36. The first-order chi connectivity index (χ1) is 8.02. The van der Waals surface area contributed by atoms with Gasteiger partial charge in [-0.25, -0.2) is 4.98 Å². The zero-order valence-electron chi connectivity index (χ0n) is 11.1. The van der Waals surface area contributed by atoms with E-state index in [4.69, 9.17) is 0 Å². The molecule has 0 saturated carbocycles. The van der Waals surface area contributed by atoms with Gasteiger partial charge in [-0.3, -0.25) is 4.79 Å². The molecule has 2 N–H and O–H groups in total. The van der Waals surface area contributed by atoms with Crippen molar-refractivity contribution in [2.45, 2.75) is 33.2 Å². The van der Waals surface area contributed by atoms with Gasteiger partial charge in [0, 0.05) is 38.7 Å². The minimum atomic E-state index is -0.0875. The highest BCUT2D eigenvalue weighted by Gasteiger charge is 2.05. The van der Waals surface area contributed by atoms with Crippen LogP contribution in [0.15, 0.2) is 10.9 Å². The Morgan fingerprint density at radius 1 is 1.53 bits per heavy atom. The minimum absolute atomic E-state index is 0.0875. The molecule has 1 aromatic heterocycles. The van der Waals surface area contributed by atoms with Crippen molar-refractivity contribution in [2.75, 3.05) is 25.0 Å². The van der Waals surface area contributed by atoms with Crippen molar-refractivity contribution in [3.8, 4) is 0 Å². The average molecular weight is 238 g/mol. The summed E-state index contributed by atoms with van der Waals surface area (Å²) in [6.07, 6.45) is 0.737. The Labute approximate surface area is 102 Å². The van der Waals surface area contributed by atoms with E-state index in [1.54, 1.807) is 0 Å². The second-order valence-electron chi connectivity index (χ2n) is 4.43. The first-order valence-corrected chi connectivity index (χ1v) is 6.07. The van der Waals surface area contributed by atoms with E-state index < -0.39 is 0 Å². The van der Waals surface area contributed by atoms with Gasteiger partial charge in [-0.15, -0.1) is 0 Å². The smallest absolute Gasteiger partial charge is 0.252 e. The number of hydrogen-bond donors (Lipinski definition) is 2. The summed E-state index contributed by atoms with van der Waals surface area (Å²) in [5.74, 6) is 1.47. The molecule has 17 heavy (non-hydrogen) atoms. The molecule has 0 amide bonds. The van der Waals surface area contributed by atoms with Gasteiger partial charge >= 0.3 is 0 Å². The molecule has 0 aromatic carbocycles. The lowest BCUT2D eigenvalue weighted by Gasteiger charge is -2.19. The van der Waals surface area contributed by atoms with Gasteiger partial charge in [-0.2, -0.15) is 0 Å². The Morgan fingerprint density at radius 2 is 2.24 bits per heavy atom. The van der Waals surface area contributed by atoms with Crippen molar-refractivity contribution >= 4 is 5.82 Å². The van der Waals surface area contributed by atoms with Crippen LogP contribution in [0.1, 0.15) is 26.6 Å². The maximum atomic E-state index is 11.4. The second-order valence-corrected chi connectivity index (χ2v) is 4.43. The third kappa shape index (κ3) is 4.56. The second kappa shape index (κ2) is 6.39. The number of anilines is 1. The summed E-state index contributed by atoms with van der Waals surface area (Å²) in [6.45, 7) is 7.91. The first-order valence-electron chi connectivity index (χ1n) is 6.07. The van der Waals surface area contributed by atoms with E-state index in [0.29, 0.717) is 6.04 Å². The third-order valence-corrected chi connectivity index (χ3v) is 2.50. The van der Waals surface area contributed by atoms with Crippen LogP contribution >= 0.6 is 0 Å². The predicted octanol–water partition coefficient (Wildman–Crippen LogP) is 0.766. The van der Waals surface area contributed by atoms with Crippen molar-refractivity contribution < 1.29 is 0 Å². The van der Waals surface area contributed by atoms with Crippen molar-refractivity contribution in [1.29, 1.82) is 0 Å². The van der Waals surface area contributed by atoms with Gasteiger partial charge in [0.15, 0.2) is 0 Å². The van der Waals surface area contributed by atoms with E-state index in [0.717, 1.165) is 31.2 Å². The van der Waals surface area contributed by atoms with Gasteiger partial charge in [-0.1, -0.05) is 20.8 Å². The summed E-state index contributed by atoms with van der Waals surface area (Å²) in [4.78, 5) is 20.5. The van der Waals surface area contributed by atoms with Gasteiger partial charge in [0.1, 0.15) is 11.6 Å². The molecular formula is C12H22N4O. The van der Waals surface area contributed by atoms with E-state index in [2.05, 4.69) is 29.1 Å². The number of aryl methyl sites for hydroxylation is 1. The van der Waals surface area contributed by atoms with Gasteiger partial charge in [0.05, 0.1) is 0 Å². The molecule has 5 heteroatoms. The van der Waals surface area contributed by atoms with Crippen molar-refractivity contribution in [3.63, 3.8) is 0 Å². The molecular weight excluding hydrogens is 216 g/mol. The van der Waals surface area contributed by atoms with Crippen LogP contribution < -0.4 is 15.8 Å². The fourth-order valence-electron chi connectivity index (χ4n) is 1.49. The molecule has 0 fully saturated rings. The van der Waals surface area contributed by atoms with Crippen LogP contribution in [0.4, 0.5) is 5.82 Å². The lowest BCUT2D eigenvalue weighted by Crippen LogP contribution is -2.33. The van der Waals surface area contributed by atoms with Crippen LogP contribution in [-0.4, -0.2) is 36.1 Å². The predicted molar refractivity (Wildman–Crippen MR) is 70.6 cm³/mol. The largest absolute Gasteiger partial charge is 0.358 e. The molecule has 0 spiro atoms.